The molecule has 0 fully saturated rings. The molecule has 1 heterocycles. The predicted octanol–water partition coefficient (Wildman–Crippen LogP) is -0.111. The van der Waals surface area contributed by atoms with Crippen molar-refractivity contribution in [3.8, 4) is 0 Å². The number of aromatic nitrogens is 2. The molecule has 0 radical (unpaired) electrons. The molecule has 68 valence electrons. The van der Waals surface area contributed by atoms with E-state index < -0.39 is 0 Å². The van der Waals surface area contributed by atoms with Gasteiger partial charge in [-0.15, -0.1) is 0 Å². The van der Waals surface area contributed by atoms with Crippen LogP contribution in [-0.2, 0) is 6.42 Å². The number of nitrogens with zero attached hydrogens (tertiary/aromatic N) is 1. The van der Waals surface area contributed by atoms with Crippen LogP contribution in [0.4, 0.5) is 0 Å². The van der Waals surface area contributed by atoms with Crippen LogP contribution < -0.4 is 11.1 Å². The lowest BCUT2D eigenvalue weighted by atomic mass is 10.3. The molecule has 12 heavy (non-hydrogen) atoms. The molecule has 0 aromatic carbocycles. The molecule has 4 heteroatoms. The van der Waals surface area contributed by atoms with E-state index in [-0.39, 0.29) is 0 Å². The monoisotopic (exact) mass is 168 g/mol. The van der Waals surface area contributed by atoms with Crippen molar-refractivity contribution < 1.29 is 0 Å². The molecule has 0 spiro atoms. The molecule has 1 unspecified atom stereocenters. The van der Waals surface area contributed by atoms with Gasteiger partial charge in [0.05, 0.1) is 0 Å². The Bertz CT molecular complexity index is 195. The second-order valence-corrected chi connectivity index (χ2v) is 2.88. The summed E-state index contributed by atoms with van der Waals surface area (Å²) in [5.74, 6) is 1.02. The first-order valence-electron chi connectivity index (χ1n) is 4.24. The van der Waals surface area contributed by atoms with Crippen LogP contribution in [0.2, 0.25) is 0 Å². The van der Waals surface area contributed by atoms with Gasteiger partial charge in [-0.1, -0.05) is 0 Å². The van der Waals surface area contributed by atoms with Crippen molar-refractivity contribution in [3.63, 3.8) is 0 Å². The van der Waals surface area contributed by atoms with E-state index in [1.165, 1.54) is 0 Å². The van der Waals surface area contributed by atoms with Gasteiger partial charge in [0.2, 0.25) is 0 Å². The zero-order valence-electron chi connectivity index (χ0n) is 7.38. The van der Waals surface area contributed by atoms with Crippen molar-refractivity contribution in [1.29, 1.82) is 0 Å². The smallest absolute Gasteiger partial charge is 0.107 e. The maximum atomic E-state index is 5.45. The molecule has 4 nitrogen and oxygen atoms in total. The Kier molecular flexibility index (Phi) is 3.76. The summed E-state index contributed by atoms with van der Waals surface area (Å²) in [6, 6.07) is 0.389. The van der Waals surface area contributed by atoms with Crippen LogP contribution in [0, 0.1) is 0 Å². The summed E-state index contributed by atoms with van der Waals surface area (Å²) in [6.07, 6.45) is 4.53. The van der Waals surface area contributed by atoms with Gasteiger partial charge in [0.25, 0.3) is 0 Å². The predicted molar refractivity (Wildman–Crippen MR) is 48.8 cm³/mol. The lowest BCUT2D eigenvalue weighted by molar-refractivity contribution is 0.554. The summed E-state index contributed by atoms with van der Waals surface area (Å²) in [4.78, 5) is 7.16. The Morgan fingerprint density at radius 2 is 2.58 bits per heavy atom. The largest absolute Gasteiger partial charge is 0.349 e. The molecular weight excluding hydrogens is 152 g/mol. The molecule has 1 aromatic rings. The van der Waals surface area contributed by atoms with Gasteiger partial charge >= 0.3 is 0 Å². The van der Waals surface area contributed by atoms with Gasteiger partial charge in [-0.25, -0.2) is 4.98 Å². The van der Waals surface area contributed by atoms with Crippen molar-refractivity contribution in [3.05, 3.63) is 18.2 Å². The minimum atomic E-state index is 0.389. The lowest BCUT2D eigenvalue weighted by Crippen LogP contribution is -2.34. The number of hydrogen-bond acceptors (Lipinski definition) is 3. The van der Waals surface area contributed by atoms with Crippen LogP contribution in [-0.4, -0.2) is 29.1 Å². The Labute approximate surface area is 72.6 Å². The highest BCUT2D eigenvalue weighted by atomic mass is 14.9. The lowest BCUT2D eigenvalue weighted by Gasteiger charge is -2.09. The Balaban J connectivity index is 2.11. The molecule has 1 rings (SSSR count). The molecule has 0 saturated carbocycles. The summed E-state index contributed by atoms with van der Waals surface area (Å²) in [5, 5.41) is 3.29. The zero-order chi connectivity index (χ0) is 8.81. The first kappa shape index (κ1) is 9.22. The molecule has 0 bridgehead atoms. The van der Waals surface area contributed by atoms with Crippen molar-refractivity contribution in [1.82, 2.24) is 15.3 Å². The Hall–Kier alpha value is -0.870. The van der Waals surface area contributed by atoms with E-state index in [2.05, 4.69) is 22.2 Å². The average Bonchev–Trinajstić information content (AvgIpc) is 2.57. The van der Waals surface area contributed by atoms with Crippen LogP contribution in [0.5, 0.6) is 0 Å². The van der Waals surface area contributed by atoms with Crippen molar-refractivity contribution >= 4 is 0 Å². The quantitative estimate of drug-likeness (QED) is 0.574. The van der Waals surface area contributed by atoms with Crippen molar-refractivity contribution in [2.24, 2.45) is 5.73 Å². The minimum absolute atomic E-state index is 0.389. The maximum Gasteiger partial charge on any atom is 0.107 e. The summed E-state index contributed by atoms with van der Waals surface area (Å²) in [5.41, 5.74) is 5.45. The highest BCUT2D eigenvalue weighted by molar-refractivity contribution is 4.87. The van der Waals surface area contributed by atoms with Gasteiger partial charge in [-0.3, -0.25) is 0 Å². The minimum Gasteiger partial charge on any atom is -0.349 e. The number of nitrogens with two attached hydrogens (primary N) is 1. The summed E-state index contributed by atoms with van der Waals surface area (Å²) in [6.45, 7) is 3.67. The normalized spacial score (nSPS) is 13.2. The number of imidazole rings is 1. The van der Waals surface area contributed by atoms with E-state index in [1.54, 1.807) is 6.20 Å². The highest BCUT2D eigenvalue weighted by Crippen LogP contribution is 1.88. The number of H-pyrrole nitrogens is 1. The molecule has 0 aliphatic rings. The zero-order valence-corrected chi connectivity index (χ0v) is 7.38. The van der Waals surface area contributed by atoms with E-state index in [1.807, 2.05) is 6.20 Å². The van der Waals surface area contributed by atoms with Crippen LogP contribution >= 0.6 is 0 Å². The van der Waals surface area contributed by atoms with Crippen LogP contribution in [0.3, 0.4) is 0 Å². The molecule has 0 aliphatic carbocycles. The average molecular weight is 168 g/mol. The van der Waals surface area contributed by atoms with Crippen LogP contribution in [0.15, 0.2) is 12.4 Å². The number of aromatic amines is 1. The van der Waals surface area contributed by atoms with Gasteiger partial charge in [0, 0.05) is 37.9 Å². The third-order valence-corrected chi connectivity index (χ3v) is 1.76. The van der Waals surface area contributed by atoms with Crippen molar-refractivity contribution in [2.45, 2.75) is 19.4 Å². The van der Waals surface area contributed by atoms with Gasteiger partial charge in [0.15, 0.2) is 0 Å². The van der Waals surface area contributed by atoms with E-state index in [4.69, 9.17) is 5.73 Å². The molecule has 4 N–H and O–H groups in total. The highest BCUT2D eigenvalue weighted by Gasteiger charge is 1.97. The fraction of sp³-hybridized carbons (Fsp3) is 0.625. The van der Waals surface area contributed by atoms with Gasteiger partial charge in [-0.05, 0) is 6.92 Å². The van der Waals surface area contributed by atoms with Crippen molar-refractivity contribution in [2.75, 3.05) is 13.1 Å². The standard InChI is InChI=1S/C8H16N4/c1-7(6-9)10-3-2-8-11-4-5-12-8/h4-5,7,10H,2-3,6,9H2,1H3,(H,11,12). The maximum absolute atomic E-state index is 5.45. The van der Waals surface area contributed by atoms with E-state index in [9.17, 15) is 0 Å². The van der Waals surface area contributed by atoms with E-state index in [0.29, 0.717) is 12.6 Å². The molecule has 0 amide bonds. The second kappa shape index (κ2) is 4.90. The third kappa shape index (κ3) is 3.02. The van der Waals surface area contributed by atoms with Gasteiger partial charge in [-0.2, -0.15) is 0 Å². The molecule has 0 saturated heterocycles. The second-order valence-electron chi connectivity index (χ2n) is 2.88. The summed E-state index contributed by atoms with van der Waals surface area (Å²) < 4.78 is 0. The fourth-order valence-electron chi connectivity index (χ4n) is 0.955. The molecule has 0 aliphatic heterocycles. The van der Waals surface area contributed by atoms with E-state index >= 15 is 0 Å². The van der Waals surface area contributed by atoms with Crippen LogP contribution in [0.1, 0.15) is 12.7 Å². The molecular formula is C8H16N4. The van der Waals surface area contributed by atoms with Gasteiger partial charge in [0.1, 0.15) is 5.82 Å². The fourth-order valence-corrected chi connectivity index (χ4v) is 0.955. The number of hydrogen-bond donors (Lipinski definition) is 3. The Morgan fingerprint density at radius 1 is 1.75 bits per heavy atom. The van der Waals surface area contributed by atoms with Crippen LogP contribution in [0.25, 0.3) is 0 Å². The first-order chi connectivity index (χ1) is 5.83. The van der Waals surface area contributed by atoms with E-state index in [0.717, 1.165) is 18.8 Å². The Morgan fingerprint density at radius 3 is 3.17 bits per heavy atom. The number of rotatable bonds is 5. The molecule has 1 aromatic heterocycles. The first-order valence-corrected chi connectivity index (χ1v) is 4.24. The number of nitrogens with one attached hydrogen (secondary N) is 2. The summed E-state index contributed by atoms with van der Waals surface area (Å²) >= 11 is 0. The topological polar surface area (TPSA) is 66.7 Å². The third-order valence-electron chi connectivity index (χ3n) is 1.76. The SMILES string of the molecule is CC(CN)NCCc1ncc[nH]1. The van der Waals surface area contributed by atoms with Gasteiger partial charge < -0.3 is 16.0 Å². The molecule has 1 atom stereocenters. The summed E-state index contributed by atoms with van der Waals surface area (Å²) in [7, 11) is 0.